The first kappa shape index (κ1) is 15.8. The van der Waals surface area contributed by atoms with Crippen molar-refractivity contribution >= 4 is 49.1 Å². The molecule has 0 radical (unpaired) electrons. The van der Waals surface area contributed by atoms with Crippen LogP contribution in [0.25, 0.3) is 11.3 Å². The van der Waals surface area contributed by atoms with E-state index in [1.165, 1.54) is 6.33 Å². The summed E-state index contributed by atoms with van der Waals surface area (Å²) in [4.78, 5) is 8.35. The number of nitrogens with two attached hydrogens (primary N) is 1. The van der Waals surface area contributed by atoms with Crippen LogP contribution >= 0.6 is 31.9 Å². The highest BCUT2D eigenvalue weighted by atomic mass is 79.9. The fourth-order valence-electron chi connectivity index (χ4n) is 1.92. The van der Waals surface area contributed by atoms with E-state index < -0.39 is 0 Å². The van der Waals surface area contributed by atoms with E-state index in [1.807, 2.05) is 48.5 Å². The Morgan fingerprint density at radius 2 is 1.39 bits per heavy atom. The van der Waals surface area contributed by atoms with Crippen molar-refractivity contribution in [2.75, 3.05) is 5.73 Å². The second-order valence-electron chi connectivity index (χ2n) is 4.64. The van der Waals surface area contributed by atoms with Crippen LogP contribution in [0.5, 0.6) is 0 Å². The van der Waals surface area contributed by atoms with Gasteiger partial charge in [0.15, 0.2) is 0 Å². The number of halogens is 2. The van der Waals surface area contributed by atoms with Gasteiger partial charge in [0.2, 0.25) is 5.82 Å². The minimum absolute atomic E-state index is 0.348. The van der Waals surface area contributed by atoms with Crippen LogP contribution in [-0.4, -0.2) is 9.97 Å². The largest absolute Gasteiger partial charge is 0.394 e. The maximum Gasteiger partial charge on any atom is 0.201 e. The Morgan fingerprint density at radius 1 is 0.783 bits per heavy atom. The summed E-state index contributed by atoms with van der Waals surface area (Å²) < 4.78 is 1.97. The molecule has 3 rings (SSSR count). The van der Waals surface area contributed by atoms with E-state index in [-0.39, 0.29) is 0 Å². The van der Waals surface area contributed by atoms with Crippen LogP contribution in [0.3, 0.4) is 0 Å². The number of benzene rings is 2. The van der Waals surface area contributed by atoms with Gasteiger partial charge in [-0.25, -0.2) is 9.97 Å². The molecule has 0 aliphatic heterocycles. The zero-order valence-corrected chi connectivity index (χ0v) is 15.0. The maximum atomic E-state index is 6.14. The first-order chi connectivity index (χ1) is 11.1. The number of hydrogen-bond acceptors (Lipinski definition) is 5. The van der Waals surface area contributed by atoms with E-state index in [1.54, 1.807) is 0 Å². The summed E-state index contributed by atoms with van der Waals surface area (Å²) in [7, 11) is 0. The van der Waals surface area contributed by atoms with Gasteiger partial charge in [0, 0.05) is 14.5 Å². The van der Waals surface area contributed by atoms with Gasteiger partial charge < -0.3 is 5.73 Å². The van der Waals surface area contributed by atoms with E-state index in [0.717, 1.165) is 20.2 Å². The molecule has 0 spiro atoms. The van der Waals surface area contributed by atoms with E-state index in [9.17, 15) is 0 Å². The molecule has 1 aromatic heterocycles. The summed E-state index contributed by atoms with van der Waals surface area (Å²) in [5.41, 5.74) is 8.79. The van der Waals surface area contributed by atoms with Crippen LogP contribution in [0.1, 0.15) is 0 Å². The average molecular weight is 433 g/mol. The average Bonchev–Trinajstić information content (AvgIpc) is 2.56. The summed E-state index contributed by atoms with van der Waals surface area (Å²) in [6.45, 7) is 0. The number of anilines is 1. The lowest BCUT2D eigenvalue weighted by Gasteiger charge is -2.06. The molecule has 23 heavy (non-hydrogen) atoms. The fourth-order valence-corrected chi connectivity index (χ4v) is 2.45. The van der Waals surface area contributed by atoms with Gasteiger partial charge >= 0.3 is 0 Å². The molecule has 3 aromatic rings. The standard InChI is InChI=1S/C16H11Br2N5/c17-11-3-1-10(2-4-11)15-14(19)16(21-9-20-15)23-22-13-7-5-12(18)6-8-13/h1-9H,19H2. The molecule has 1 heterocycles. The quantitative estimate of drug-likeness (QED) is 0.542. The lowest BCUT2D eigenvalue weighted by molar-refractivity contribution is 1.11. The Hall–Kier alpha value is -2.12. The molecule has 0 amide bonds. The minimum atomic E-state index is 0.348. The van der Waals surface area contributed by atoms with E-state index in [0.29, 0.717) is 17.2 Å². The van der Waals surface area contributed by atoms with Crippen molar-refractivity contribution in [2.24, 2.45) is 10.2 Å². The van der Waals surface area contributed by atoms with Crippen molar-refractivity contribution in [2.45, 2.75) is 0 Å². The Balaban J connectivity index is 1.93. The normalized spacial score (nSPS) is 11.0. The van der Waals surface area contributed by atoms with E-state index in [4.69, 9.17) is 5.73 Å². The predicted octanol–water partition coefficient (Wildman–Crippen LogP) is 5.67. The molecule has 2 N–H and O–H groups in total. The van der Waals surface area contributed by atoms with Gasteiger partial charge in [0.05, 0.1) is 11.4 Å². The van der Waals surface area contributed by atoms with Gasteiger partial charge in [-0.3, -0.25) is 0 Å². The molecule has 0 atom stereocenters. The van der Waals surface area contributed by atoms with Gasteiger partial charge in [-0.05, 0) is 36.4 Å². The molecule has 0 saturated heterocycles. The van der Waals surface area contributed by atoms with E-state index in [2.05, 4.69) is 52.1 Å². The molecule has 7 heteroatoms. The Morgan fingerprint density at radius 3 is 2.04 bits per heavy atom. The van der Waals surface area contributed by atoms with E-state index >= 15 is 0 Å². The topological polar surface area (TPSA) is 76.5 Å². The van der Waals surface area contributed by atoms with Gasteiger partial charge in [0.25, 0.3) is 0 Å². The molecule has 0 saturated carbocycles. The molecular weight excluding hydrogens is 422 g/mol. The third kappa shape index (κ3) is 3.80. The summed E-state index contributed by atoms with van der Waals surface area (Å²) >= 11 is 6.78. The highest BCUT2D eigenvalue weighted by Gasteiger charge is 2.09. The van der Waals surface area contributed by atoms with Gasteiger partial charge in [-0.2, -0.15) is 0 Å². The SMILES string of the molecule is Nc1c(N=Nc2ccc(Br)cc2)ncnc1-c1ccc(Br)cc1. The Kier molecular flexibility index (Phi) is 4.78. The molecule has 0 fully saturated rings. The Labute approximate surface area is 150 Å². The van der Waals surface area contributed by atoms with Crippen molar-refractivity contribution in [1.29, 1.82) is 0 Å². The third-order valence-corrected chi connectivity index (χ3v) is 4.12. The smallest absolute Gasteiger partial charge is 0.201 e. The molecule has 0 bridgehead atoms. The lowest BCUT2D eigenvalue weighted by Crippen LogP contribution is -1.95. The molecule has 0 aliphatic rings. The van der Waals surface area contributed by atoms with Crippen LogP contribution in [-0.2, 0) is 0 Å². The highest BCUT2D eigenvalue weighted by Crippen LogP contribution is 2.31. The number of hydrogen-bond donors (Lipinski definition) is 1. The van der Waals surface area contributed by atoms with Crippen molar-refractivity contribution in [3.8, 4) is 11.3 Å². The van der Waals surface area contributed by atoms with Crippen LogP contribution in [0, 0.1) is 0 Å². The number of rotatable bonds is 3. The summed E-state index contributed by atoms with van der Waals surface area (Å²) in [5, 5.41) is 8.29. The molecule has 0 unspecified atom stereocenters. The molecule has 2 aromatic carbocycles. The maximum absolute atomic E-state index is 6.14. The third-order valence-electron chi connectivity index (χ3n) is 3.07. The zero-order chi connectivity index (χ0) is 16.2. The highest BCUT2D eigenvalue weighted by molar-refractivity contribution is 9.10. The summed E-state index contributed by atoms with van der Waals surface area (Å²) in [6.07, 6.45) is 1.43. The van der Waals surface area contributed by atoms with Crippen LogP contribution in [0.4, 0.5) is 17.2 Å². The second-order valence-corrected chi connectivity index (χ2v) is 6.47. The fraction of sp³-hybridized carbons (Fsp3) is 0. The first-order valence-corrected chi connectivity index (χ1v) is 8.26. The van der Waals surface area contributed by atoms with Crippen LogP contribution < -0.4 is 5.73 Å². The minimum Gasteiger partial charge on any atom is -0.394 e. The number of aromatic nitrogens is 2. The monoisotopic (exact) mass is 431 g/mol. The molecule has 114 valence electrons. The van der Waals surface area contributed by atoms with Crippen molar-refractivity contribution in [3.05, 3.63) is 63.8 Å². The van der Waals surface area contributed by atoms with Gasteiger partial charge in [-0.15, -0.1) is 10.2 Å². The Bertz CT molecular complexity index is 845. The van der Waals surface area contributed by atoms with Gasteiger partial charge in [0.1, 0.15) is 12.0 Å². The number of azo groups is 1. The number of nitrogen functional groups attached to an aromatic ring is 1. The van der Waals surface area contributed by atoms with Crippen molar-refractivity contribution < 1.29 is 0 Å². The summed E-state index contributed by atoms with van der Waals surface area (Å²) in [6, 6.07) is 15.2. The zero-order valence-electron chi connectivity index (χ0n) is 11.8. The number of nitrogens with zero attached hydrogens (tertiary/aromatic N) is 4. The van der Waals surface area contributed by atoms with Gasteiger partial charge in [-0.1, -0.05) is 44.0 Å². The molecule has 0 aliphatic carbocycles. The lowest BCUT2D eigenvalue weighted by atomic mass is 10.1. The predicted molar refractivity (Wildman–Crippen MR) is 97.9 cm³/mol. The molecular formula is C16H11Br2N5. The van der Waals surface area contributed by atoms with Crippen LogP contribution in [0.2, 0.25) is 0 Å². The van der Waals surface area contributed by atoms with Crippen molar-refractivity contribution in [3.63, 3.8) is 0 Å². The molecule has 5 nitrogen and oxygen atoms in total. The first-order valence-electron chi connectivity index (χ1n) is 6.67. The van der Waals surface area contributed by atoms with Crippen molar-refractivity contribution in [1.82, 2.24) is 9.97 Å². The summed E-state index contributed by atoms with van der Waals surface area (Å²) in [5.74, 6) is 0.348. The van der Waals surface area contributed by atoms with Crippen LogP contribution in [0.15, 0.2) is 74.0 Å². The second kappa shape index (κ2) is 6.97.